The van der Waals surface area contributed by atoms with Crippen LogP contribution in [0.1, 0.15) is 0 Å². The van der Waals surface area contributed by atoms with E-state index in [2.05, 4.69) is 108 Å². The summed E-state index contributed by atoms with van der Waals surface area (Å²) in [5.74, 6) is 0.931. The van der Waals surface area contributed by atoms with Crippen molar-refractivity contribution in [3.05, 3.63) is 200 Å². The average Bonchev–Trinajstić information content (AvgIpc) is 4.07. The van der Waals surface area contributed by atoms with Crippen LogP contribution in [0.25, 0.3) is 126 Å². The largest absolute Gasteiger partial charge is 0.456 e. The molecule has 0 aliphatic rings. The Kier molecular flexibility index (Phi) is 8.16. The lowest BCUT2D eigenvalue weighted by atomic mass is 10.00. The van der Waals surface area contributed by atoms with Crippen LogP contribution in [0.5, 0.6) is 0 Å². The molecule has 0 aliphatic carbocycles. The first kappa shape index (κ1) is 36.3. The van der Waals surface area contributed by atoms with Gasteiger partial charge >= 0.3 is 0 Å². The SMILES string of the molecule is Fc1cc(-c2nc(-c3cccc(-c4ccccc4)c3)nc(-c3ccc4c5ccccc5n(-c5ccccc5)c4c3)n2)cc2c1ccc1oc3ccc4nc(-c5ccccc5)sc4c3c12. The number of hydrogen-bond acceptors (Lipinski definition) is 6. The normalized spacial score (nSPS) is 11.8. The van der Waals surface area contributed by atoms with E-state index in [4.69, 9.17) is 24.4 Å². The van der Waals surface area contributed by atoms with Crippen LogP contribution in [0.2, 0.25) is 0 Å². The number of nitrogens with zero attached hydrogens (tertiary/aromatic N) is 5. The van der Waals surface area contributed by atoms with Crippen molar-refractivity contribution in [2.45, 2.75) is 0 Å². The summed E-state index contributed by atoms with van der Waals surface area (Å²) < 4.78 is 26.5. The summed E-state index contributed by atoms with van der Waals surface area (Å²) in [6.45, 7) is 0. The molecule has 0 N–H and O–H groups in total. The Morgan fingerprint density at radius 3 is 1.81 bits per heavy atom. The number of benzene rings is 9. The second-order valence-electron chi connectivity index (χ2n) is 15.9. The van der Waals surface area contributed by atoms with Gasteiger partial charge in [-0.2, -0.15) is 0 Å². The van der Waals surface area contributed by atoms with Crippen molar-refractivity contribution < 1.29 is 8.81 Å². The number of thiazole rings is 1. The Morgan fingerprint density at radius 2 is 1.02 bits per heavy atom. The molecule has 6 nitrogen and oxygen atoms in total. The predicted molar refractivity (Wildman–Crippen MR) is 259 cm³/mol. The van der Waals surface area contributed by atoms with Crippen LogP contribution in [0.4, 0.5) is 4.39 Å². The van der Waals surface area contributed by atoms with Gasteiger partial charge < -0.3 is 8.98 Å². The molecule has 0 atom stereocenters. The fraction of sp³-hybridized carbons (Fsp3) is 0. The van der Waals surface area contributed by atoms with E-state index < -0.39 is 0 Å². The van der Waals surface area contributed by atoms with Crippen molar-refractivity contribution >= 4 is 76.1 Å². The molecule has 9 aromatic carbocycles. The number of fused-ring (bicyclic) bond motifs is 10. The third kappa shape index (κ3) is 5.84. The van der Waals surface area contributed by atoms with Gasteiger partial charge in [0.15, 0.2) is 17.5 Å². The fourth-order valence-electron chi connectivity index (χ4n) is 9.16. The van der Waals surface area contributed by atoms with Gasteiger partial charge in [0.1, 0.15) is 22.0 Å². The third-order valence-corrected chi connectivity index (χ3v) is 13.3. The molecule has 0 fully saturated rings. The predicted octanol–water partition coefficient (Wildman–Crippen LogP) is 15.1. The maximum atomic E-state index is 16.8. The lowest BCUT2D eigenvalue weighted by Crippen LogP contribution is -2.01. The van der Waals surface area contributed by atoms with Crippen LogP contribution in [-0.2, 0) is 0 Å². The maximum absolute atomic E-state index is 16.8. The van der Waals surface area contributed by atoms with Crippen LogP contribution in [-0.4, -0.2) is 24.5 Å². The van der Waals surface area contributed by atoms with E-state index >= 15 is 4.39 Å². The van der Waals surface area contributed by atoms with Crippen molar-refractivity contribution in [3.8, 4) is 61.5 Å². The molecule has 0 aliphatic heterocycles. The topological polar surface area (TPSA) is 69.6 Å². The lowest BCUT2D eigenvalue weighted by molar-refractivity contribution is 0.640. The quantitative estimate of drug-likeness (QED) is 0.167. The maximum Gasteiger partial charge on any atom is 0.164 e. The van der Waals surface area contributed by atoms with Crippen LogP contribution >= 0.6 is 11.3 Å². The number of hydrogen-bond donors (Lipinski definition) is 0. The molecule has 0 amide bonds. The summed E-state index contributed by atoms with van der Waals surface area (Å²) in [6.07, 6.45) is 0. The van der Waals surface area contributed by atoms with Gasteiger partial charge in [0.05, 0.1) is 21.3 Å². The second-order valence-corrected chi connectivity index (χ2v) is 16.9. The molecule has 8 heteroatoms. The average molecular weight is 842 g/mol. The summed E-state index contributed by atoms with van der Waals surface area (Å²) >= 11 is 1.61. The molecule has 0 unspecified atom stereocenters. The van der Waals surface area contributed by atoms with Gasteiger partial charge in [-0.1, -0.05) is 127 Å². The Labute approximate surface area is 369 Å². The van der Waals surface area contributed by atoms with Crippen LogP contribution < -0.4 is 0 Å². The Hall–Kier alpha value is -8.33. The zero-order valence-electron chi connectivity index (χ0n) is 33.9. The minimum atomic E-state index is -0.381. The summed E-state index contributed by atoms with van der Waals surface area (Å²) in [4.78, 5) is 20.5. The molecule has 0 radical (unpaired) electrons. The van der Waals surface area contributed by atoms with Crippen molar-refractivity contribution in [1.29, 1.82) is 0 Å². The summed E-state index contributed by atoms with van der Waals surface area (Å²) in [5, 5.41) is 6.10. The number of aromatic nitrogens is 5. The van der Waals surface area contributed by atoms with Crippen molar-refractivity contribution in [3.63, 3.8) is 0 Å². The van der Waals surface area contributed by atoms with Gasteiger partial charge in [0.2, 0.25) is 0 Å². The van der Waals surface area contributed by atoms with E-state index in [0.29, 0.717) is 39.4 Å². The summed E-state index contributed by atoms with van der Waals surface area (Å²) in [7, 11) is 0. The second kappa shape index (κ2) is 14.4. The Bertz CT molecular complexity index is 3970. The zero-order valence-corrected chi connectivity index (χ0v) is 34.7. The molecule has 0 saturated heterocycles. The van der Waals surface area contributed by atoms with Gasteiger partial charge in [-0.25, -0.2) is 24.3 Å². The first-order valence-corrected chi connectivity index (χ1v) is 21.9. The highest BCUT2D eigenvalue weighted by atomic mass is 32.1. The molecule has 0 spiro atoms. The molecule has 4 heterocycles. The van der Waals surface area contributed by atoms with Crippen LogP contribution in [0.3, 0.4) is 0 Å². The van der Waals surface area contributed by atoms with Crippen LogP contribution in [0.15, 0.2) is 199 Å². The number of rotatable bonds is 6. The highest BCUT2D eigenvalue weighted by molar-refractivity contribution is 7.22. The Balaban J connectivity index is 1.05. The summed E-state index contributed by atoms with van der Waals surface area (Å²) in [6, 6.07) is 64.9. The monoisotopic (exact) mass is 841 g/mol. The highest BCUT2D eigenvalue weighted by Crippen LogP contribution is 2.44. The van der Waals surface area contributed by atoms with Crippen LogP contribution in [0, 0.1) is 5.82 Å². The Morgan fingerprint density at radius 1 is 0.406 bits per heavy atom. The van der Waals surface area contributed by atoms with E-state index in [9.17, 15) is 0 Å². The van der Waals surface area contributed by atoms with Gasteiger partial charge in [0, 0.05) is 54.9 Å². The molecular weight excluding hydrogens is 810 g/mol. The van der Waals surface area contributed by atoms with Crippen molar-refractivity contribution in [2.24, 2.45) is 0 Å². The lowest BCUT2D eigenvalue weighted by Gasteiger charge is -2.12. The highest BCUT2D eigenvalue weighted by Gasteiger charge is 2.22. The van der Waals surface area contributed by atoms with Crippen molar-refractivity contribution in [2.75, 3.05) is 0 Å². The molecule has 4 aromatic heterocycles. The first-order chi connectivity index (χ1) is 31.6. The van der Waals surface area contributed by atoms with E-state index in [-0.39, 0.29) is 5.82 Å². The zero-order chi connectivity index (χ0) is 42.3. The van der Waals surface area contributed by atoms with Gasteiger partial charge in [-0.05, 0) is 83.2 Å². The van der Waals surface area contributed by atoms with E-state index in [1.54, 1.807) is 17.4 Å². The number of halogens is 1. The van der Waals surface area contributed by atoms with Gasteiger partial charge in [0.25, 0.3) is 0 Å². The molecule has 64 heavy (non-hydrogen) atoms. The molecule has 0 bridgehead atoms. The molecule has 0 saturated carbocycles. The summed E-state index contributed by atoms with van der Waals surface area (Å²) in [5.41, 5.74) is 10.7. The fourth-order valence-corrected chi connectivity index (χ4v) is 10.3. The van der Waals surface area contributed by atoms with Crippen molar-refractivity contribution in [1.82, 2.24) is 24.5 Å². The molecule has 300 valence electrons. The standard InChI is InChI=1S/C56H32FN5OS/c57-44-31-38(30-43-40(44)25-27-48-50(43)51-49(63-48)28-26-45-52(51)64-56(58-45)34-15-6-2-7-16-34)55-60-53(36-18-12-17-35(29-36)33-13-4-1-5-14-33)59-54(61-55)37-23-24-42-41-21-10-11-22-46(41)62(47(42)32-37)39-19-8-3-9-20-39/h1-32H. The molecular formula is C56H32FN5OS. The van der Waals surface area contributed by atoms with Gasteiger partial charge in [-0.15, -0.1) is 11.3 Å². The van der Waals surface area contributed by atoms with E-state index in [1.165, 1.54) is 6.07 Å². The number of para-hydroxylation sites is 2. The van der Waals surface area contributed by atoms with E-state index in [0.717, 1.165) is 86.9 Å². The molecule has 13 rings (SSSR count). The first-order valence-electron chi connectivity index (χ1n) is 21.1. The number of furan rings is 1. The van der Waals surface area contributed by atoms with E-state index in [1.807, 2.05) is 78.9 Å². The smallest absolute Gasteiger partial charge is 0.164 e. The third-order valence-electron chi connectivity index (χ3n) is 12.1. The van der Waals surface area contributed by atoms with Gasteiger partial charge in [-0.3, -0.25) is 0 Å². The molecule has 13 aromatic rings. The minimum absolute atomic E-state index is 0.355. The minimum Gasteiger partial charge on any atom is -0.456 e.